The SMILES string of the molecule is CCCCC(CC)Cc1cc(C(=O)O)ccc1C(=O)OCCCCCCC(C)C. The van der Waals surface area contributed by atoms with Gasteiger partial charge in [-0.05, 0) is 48.4 Å². The molecule has 0 saturated heterocycles. The molecule has 1 aromatic carbocycles. The molecule has 0 aromatic heterocycles. The molecule has 0 amide bonds. The van der Waals surface area contributed by atoms with E-state index in [0.717, 1.165) is 56.4 Å². The molecule has 4 heteroatoms. The van der Waals surface area contributed by atoms with E-state index < -0.39 is 5.97 Å². The molecule has 1 N–H and O–H groups in total. The summed E-state index contributed by atoms with van der Waals surface area (Å²) < 4.78 is 5.51. The lowest BCUT2D eigenvalue weighted by Gasteiger charge is -2.17. The van der Waals surface area contributed by atoms with E-state index in [1.165, 1.54) is 25.3 Å². The number of carbonyl (C=O) groups is 2. The molecule has 4 nitrogen and oxygen atoms in total. The van der Waals surface area contributed by atoms with Crippen LogP contribution in [0.4, 0.5) is 0 Å². The third kappa shape index (κ3) is 9.96. The first-order chi connectivity index (χ1) is 13.9. The van der Waals surface area contributed by atoms with Gasteiger partial charge >= 0.3 is 11.9 Å². The Hall–Kier alpha value is -1.84. The van der Waals surface area contributed by atoms with Crippen LogP contribution in [0.3, 0.4) is 0 Å². The van der Waals surface area contributed by atoms with Gasteiger partial charge in [-0.15, -0.1) is 0 Å². The number of esters is 1. The zero-order valence-corrected chi connectivity index (χ0v) is 18.8. The molecule has 1 rings (SSSR count). The van der Waals surface area contributed by atoms with Crippen LogP contribution < -0.4 is 0 Å². The van der Waals surface area contributed by atoms with Gasteiger partial charge in [0.2, 0.25) is 0 Å². The molecule has 29 heavy (non-hydrogen) atoms. The topological polar surface area (TPSA) is 63.6 Å². The minimum Gasteiger partial charge on any atom is -0.478 e. The molecule has 1 aromatic rings. The Balaban J connectivity index is 2.69. The number of hydrogen-bond acceptors (Lipinski definition) is 3. The molecule has 0 aliphatic carbocycles. The van der Waals surface area contributed by atoms with Crippen molar-refractivity contribution in [2.24, 2.45) is 11.8 Å². The van der Waals surface area contributed by atoms with Crippen LogP contribution in [0.5, 0.6) is 0 Å². The molecule has 1 atom stereocenters. The van der Waals surface area contributed by atoms with Crippen LogP contribution in [-0.4, -0.2) is 23.7 Å². The molecular formula is C25H40O4. The van der Waals surface area contributed by atoms with E-state index in [4.69, 9.17) is 4.74 Å². The van der Waals surface area contributed by atoms with Crippen molar-refractivity contribution in [1.82, 2.24) is 0 Å². The highest BCUT2D eigenvalue weighted by Gasteiger charge is 2.18. The van der Waals surface area contributed by atoms with Crippen LogP contribution in [0.2, 0.25) is 0 Å². The molecular weight excluding hydrogens is 364 g/mol. The molecule has 0 radical (unpaired) electrons. The predicted molar refractivity (Wildman–Crippen MR) is 119 cm³/mol. The zero-order valence-electron chi connectivity index (χ0n) is 18.8. The van der Waals surface area contributed by atoms with E-state index in [0.29, 0.717) is 18.1 Å². The summed E-state index contributed by atoms with van der Waals surface area (Å²) in [5.41, 5.74) is 1.55. The van der Waals surface area contributed by atoms with Gasteiger partial charge in [0.25, 0.3) is 0 Å². The standard InChI is InChI=1S/C25H40O4/c1-5-7-13-20(6-2)17-22-18-21(24(26)27)14-15-23(22)25(28)29-16-11-9-8-10-12-19(3)4/h14-15,18-20H,5-13,16-17H2,1-4H3,(H,26,27). The number of carbonyl (C=O) groups excluding carboxylic acids is 1. The molecule has 0 aliphatic heterocycles. The van der Waals surface area contributed by atoms with Crippen molar-refractivity contribution in [1.29, 1.82) is 0 Å². The van der Waals surface area contributed by atoms with E-state index >= 15 is 0 Å². The smallest absolute Gasteiger partial charge is 0.338 e. The number of aromatic carboxylic acids is 1. The summed E-state index contributed by atoms with van der Waals surface area (Å²) in [6, 6.07) is 4.77. The van der Waals surface area contributed by atoms with Gasteiger partial charge in [0.1, 0.15) is 0 Å². The number of ether oxygens (including phenoxy) is 1. The van der Waals surface area contributed by atoms with E-state index in [1.54, 1.807) is 12.1 Å². The van der Waals surface area contributed by atoms with Gasteiger partial charge in [0.15, 0.2) is 0 Å². The molecule has 0 heterocycles. The zero-order chi connectivity index (χ0) is 21.6. The quantitative estimate of drug-likeness (QED) is 0.255. The molecule has 0 fully saturated rings. The highest BCUT2D eigenvalue weighted by Crippen LogP contribution is 2.23. The summed E-state index contributed by atoms with van der Waals surface area (Å²) in [6.07, 6.45) is 10.7. The lowest BCUT2D eigenvalue weighted by molar-refractivity contribution is 0.0495. The molecule has 1 unspecified atom stereocenters. The lowest BCUT2D eigenvalue weighted by atomic mass is 9.89. The van der Waals surface area contributed by atoms with Gasteiger partial charge in [-0.2, -0.15) is 0 Å². The summed E-state index contributed by atoms with van der Waals surface area (Å²) in [7, 11) is 0. The largest absolute Gasteiger partial charge is 0.478 e. The maximum atomic E-state index is 12.6. The lowest BCUT2D eigenvalue weighted by Crippen LogP contribution is -2.14. The van der Waals surface area contributed by atoms with Gasteiger partial charge < -0.3 is 9.84 Å². The first-order valence-corrected chi connectivity index (χ1v) is 11.4. The van der Waals surface area contributed by atoms with Gasteiger partial charge in [0, 0.05) is 0 Å². The Labute approximate surface area is 177 Å². The molecule has 0 bridgehead atoms. The Morgan fingerprint density at radius 2 is 1.72 bits per heavy atom. The summed E-state index contributed by atoms with van der Waals surface area (Å²) in [5, 5.41) is 9.33. The second-order valence-corrected chi connectivity index (χ2v) is 8.53. The van der Waals surface area contributed by atoms with E-state index in [9.17, 15) is 14.7 Å². The van der Waals surface area contributed by atoms with Crippen molar-refractivity contribution >= 4 is 11.9 Å². The average Bonchev–Trinajstić information content (AvgIpc) is 2.69. The maximum absolute atomic E-state index is 12.6. The summed E-state index contributed by atoms with van der Waals surface area (Å²) in [4.78, 5) is 24.0. The number of rotatable bonds is 15. The number of carboxylic acids is 1. The Morgan fingerprint density at radius 3 is 2.34 bits per heavy atom. The summed E-state index contributed by atoms with van der Waals surface area (Å²) in [5.74, 6) is -0.102. The van der Waals surface area contributed by atoms with Crippen molar-refractivity contribution in [3.05, 3.63) is 34.9 Å². The molecule has 0 spiro atoms. The van der Waals surface area contributed by atoms with Crippen molar-refractivity contribution < 1.29 is 19.4 Å². The Bertz CT molecular complexity index is 621. The fourth-order valence-electron chi connectivity index (χ4n) is 3.60. The van der Waals surface area contributed by atoms with E-state index in [-0.39, 0.29) is 11.5 Å². The van der Waals surface area contributed by atoms with Crippen molar-refractivity contribution in [2.75, 3.05) is 6.61 Å². The fraction of sp³-hybridized carbons (Fsp3) is 0.680. The van der Waals surface area contributed by atoms with Crippen LogP contribution in [0, 0.1) is 11.8 Å². The normalized spacial score (nSPS) is 12.2. The fourth-order valence-corrected chi connectivity index (χ4v) is 3.60. The second kappa shape index (κ2) is 14.2. The number of carboxylic acid groups (broad SMARTS) is 1. The summed E-state index contributed by atoms with van der Waals surface area (Å²) in [6.45, 7) is 9.22. The van der Waals surface area contributed by atoms with Gasteiger partial charge in [-0.25, -0.2) is 9.59 Å². The third-order valence-electron chi connectivity index (χ3n) is 5.53. The minimum absolute atomic E-state index is 0.229. The van der Waals surface area contributed by atoms with Gasteiger partial charge in [0.05, 0.1) is 17.7 Å². The highest BCUT2D eigenvalue weighted by atomic mass is 16.5. The third-order valence-corrected chi connectivity index (χ3v) is 5.53. The van der Waals surface area contributed by atoms with Crippen LogP contribution >= 0.6 is 0 Å². The first kappa shape index (κ1) is 25.2. The Kier molecular flexibility index (Phi) is 12.3. The molecule has 164 valence electrons. The van der Waals surface area contributed by atoms with E-state index in [2.05, 4.69) is 27.7 Å². The van der Waals surface area contributed by atoms with Crippen molar-refractivity contribution in [3.63, 3.8) is 0 Å². The average molecular weight is 405 g/mol. The predicted octanol–water partition coefficient (Wildman–Crippen LogP) is 6.91. The molecule has 0 saturated carbocycles. The van der Waals surface area contributed by atoms with E-state index in [1.807, 2.05) is 0 Å². The Morgan fingerprint density at radius 1 is 1.00 bits per heavy atom. The van der Waals surface area contributed by atoms with Crippen molar-refractivity contribution in [3.8, 4) is 0 Å². The van der Waals surface area contributed by atoms with Crippen LogP contribution in [0.25, 0.3) is 0 Å². The molecule has 0 aliphatic rings. The monoisotopic (exact) mass is 404 g/mol. The van der Waals surface area contributed by atoms with Gasteiger partial charge in [-0.1, -0.05) is 79.1 Å². The minimum atomic E-state index is -0.964. The summed E-state index contributed by atoms with van der Waals surface area (Å²) >= 11 is 0. The van der Waals surface area contributed by atoms with Crippen LogP contribution in [0.1, 0.15) is 112 Å². The second-order valence-electron chi connectivity index (χ2n) is 8.53. The van der Waals surface area contributed by atoms with Gasteiger partial charge in [-0.3, -0.25) is 0 Å². The first-order valence-electron chi connectivity index (χ1n) is 11.4. The van der Waals surface area contributed by atoms with Crippen LogP contribution in [-0.2, 0) is 11.2 Å². The van der Waals surface area contributed by atoms with Crippen molar-refractivity contribution in [2.45, 2.75) is 91.9 Å². The van der Waals surface area contributed by atoms with Crippen LogP contribution in [0.15, 0.2) is 18.2 Å². The maximum Gasteiger partial charge on any atom is 0.338 e. The number of hydrogen-bond donors (Lipinski definition) is 1. The number of benzene rings is 1. The number of unbranched alkanes of at least 4 members (excludes halogenated alkanes) is 4. The highest BCUT2D eigenvalue weighted by molar-refractivity contribution is 5.94.